The van der Waals surface area contributed by atoms with E-state index in [2.05, 4.69) is 4.98 Å². The molecule has 0 fully saturated rings. The Bertz CT molecular complexity index is 1390. The Morgan fingerprint density at radius 2 is 1.64 bits per heavy atom. The van der Waals surface area contributed by atoms with E-state index in [-0.39, 0.29) is 11.7 Å². The van der Waals surface area contributed by atoms with E-state index in [1.807, 2.05) is 0 Å². The van der Waals surface area contributed by atoms with Crippen molar-refractivity contribution in [3.05, 3.63) is 87.9 Å². The molecule has 6 nitrogen and oxygen atoms in total. The number of anilines is 1. The summed E-state index contributed by atoms with van der Waals surface area (Å²) >= 11 is 0.740. The number of para-hydroxylation sites is 1. The number of aromatic nitrogens is 2. The van der Waals surface area contributed by atoms with Crippen molar-refractivity contribution in [1.82, 2.24) is 9.55 Å². The summed E-state index contributed by atoms with van der Waals surface area (Å²) in [5, 5.41) is 2.09. The lowest BCUT2D eigenvalue weighted by Gasteiger charge is -2.13. The minimum Gasteiger partial charge on any atom is -0.467 e. The van der Waals surface area contributed by atoms with E-state index in [1.54, 1.807) is 41.7 Å². The Morgan fingerprint density at radius 1 is 0.970 bits per heavy atom. The third-order valence-electron chi connectivity index (χ3n) is 4.53. The maximum Gasteiger partial charge on any atom is 0.262 e. The number of nitrogens with one attached hydrogen (secondary N) is 1. The number of hydrogen-bond donors (Lipinski definition) is 1. The average Bonchev–Trinajstić information content (AvgIpc) is 3.33. The molecule has 2 aromatic carbocycles. The van der Waals surface area contributed by atoms with E-state index in [0.717, 1.165) is 11.8 Å². The Morgan fingerprint density at radius 3 is 2.30 bits per heavy atom. The van der Waals surface area contributed by atoms with Crippen LogP contribution in [0.2, 0.25) is 0 Å². The van der Waals surface area contributed by atoms with Gasteiger partial charge in [-0.05, 0) is 24.3 Å². The Balaban J connectivity index is 1.62. The van der Waals surface area contributed by atoms with Gasteiger partial charge in [0, 0.05) is 0 Å². The highest BCUT2D eigenvalue weighted by atomic mass is 32.2. The lowest BCUT2D eigenvalue weighted by molar-refractivity contribution is -0.113. The molecule has 0 aliphatic carbocycles. The van der Waals surface area contributed by atoms with Crippen molar-refractivity contribution in [2.75, 3.05) is 11.1 Å². The van der Waals surface area contributed by atoms with E-state index in [0.29, 0.717) is 16.7 Å². The number of hydrogen-bond acceptors (Lipinski definition) is 5. The van der Waals surface area contributed by atoms with Crippen LogP contribution in [-0.4, -0.2) is 21.2 Å². The summed E-state index contributed by atoms with van der Waals surface area (Å²) in [5.74, 6) is -12.2. The van der Waals surface area contributed by atoms with Crippen LogP contribution in [0.5, 0.6) is 0 Å². The first kappa shape index (κ1) is 22.5. The number of thioether (sulfide) groups is 1. The van der Waals surface area contributed by atoms with Crippen LogP contribution >= 0.6 is 11.8 Å². The van der Waals surface area contributed by atoms with E-state index in [4.69, 9.17) is 4.42 Å². The van der Waals surface area contributed by atoms with Crippen LogP contribution in [0.1, 0.15) is 5.76 Å². The summed E-state index contributed by atoms with van der Waals surface area (Å²) < 4.78 is 74.0. The number of nitrogens with zero attached hydrogens (tertiary/aromatic N) is 2. The first-order valence-corrected chi connectivity index (χ1v) is 10.2. The number of amides is 1. The van der Waals surface area contributed by atoms with Gasteiger partial charge in [0.05, 0.1) is 29.5 Å². The molecule has 0 radical (unpaired) electrons. The van der Waals surface area contributed by atoms with Gasteiger partial charge in [0.25, 0.3) is 5.56 Å². The molecule has 0 saturated heterocycles. The van der Waals surface area contributed by atoms with E-state index >= 15 is 0 Å². The molecule has 1 N–H and O–H groups in total. The average molecular weight is 481 g/mol. The van der Waals surface area contributed by atoms with Crippen LogP contribution in [0.15, 0.2) is 57.0 Å². The third-order valence-corrected chi connectivity index (χ3v) is 5.50. The van der Waals surface area contributed by atoms with Crippen LogP contribution in [0.3, 0.4) is 0 Å². The third kappa shape index (κ3) is 4.33. The number of rotatable bonds is 6. The molecular weight excluding hydrogens is 469 g/mol. The Hall–Kier alpha value is -3.67. The molecule has 1 amide bonds. The smallest absolute Gasteiger partial charge is 0.262 e. The van der Waals surface area contributed by atoms with Gasteiger partial charge in [-0.2, -0.15) is 0 Å². The van der Waals surface area contributed by atoms with Crippen LogP contribution in [0, 0.1) is 29.1 Å². The predicted molar refractivity (Wildman–Crippen MR) is 109 cm³/mol. The van der Waals surface area contributed by atoms with Crippen LogP contribution < -0.4 is 10.9 Å². The lowest BCUT2D eigenvalue weighted by atomic mass is 10.2. The molecule has 170 valence electrons. The molecule has 0 aliphatic heterocycles. The normalized spacial score (nSPS) is 11.2. The largest absolute Gasteiger partial charge is 0.467 e. The zero-order valence-electron chi connectivity index (χ0n) is 16.4. The monoisotopic (exact) mass is 481 g/mol. The highest BCUT2D eigenvalue weighted by Crippen LogP contribution is 2.27. The molecule has 0 bridgehead atoms. The fraction of sp³-hybridized carbons (Fsp3) is 0.0952. The Kier molecular flexibility index (Phi) is 6.18. The van der Waals surface area contributed by atoms with Crippen molar-refractivity contribution >= 4 is 34.3 Å². The van der Waals surface area contributed by atoms with Gasteiger partial charge in [-0.25, -0.2) is 26.9 Å². The van der Waals surface area contributed by atoms with E-state index in [1.165, 1.54) is 10.8 Å². The number of fused-ring (bicyclic) bond motifs is 1. The first-order valence-electron chi connectivity index (χ1n) is 9.24. The highest BCUT2D eigenvalue weighted by molar-refractivity contribution is 7.99. The zero-order valence-corrected chi connectivity index (χ0v) is 17.2. The molecule has 4 aromatic rings. The number of halogens is 5. The van der Waals surface area contributed by atoms with Gasteiger partial charge in [-0.1, -0.05) is 23.9 Å². The fourth-order valence-electron chi connectivity index (χ4n) is 2.98. The number of carbonyl (C=O) groups excluding carboxylic acids is 1. The fourth-order valence-corrected chi connectivity index (χ4v) is 3.77. The summed E-state index contributed by atoms with van der Waals surface area (Å²) in [4.78, 5) is 29.6. The van der Waals surface area contributed by atoms with Gasteiger partial charge >= 0.3 is 0 Å². The number of carbonyl (C=O) groups is 1. The van der Waals surface area contributed by atoms with Gasteiger partial charge < -0.3 is 9.73 Å². The van der Waals surface area contributed by atoms with Crippen molar-refractivity contribution in [2.24, 2.45) is 0 Å². The SMILES string of the molecule is O=C(CSc1nc2ccccc2c(=O)n1Cc1ccco1)Nc1c(F)c(F)c(F)c(F)c1F. The van der Waals surface area contributed by atoms with Crippen molar-refractivity contribution in [1.29, 1.82) is 0 Å². The van der Waals surface area contributed by atoms with E-state index < -0.39 is 52.0 Å². The molecule has 0 unspecified atom stereocenters. The van der Waals surface area contributed by atoms with Crippen LogP contribution in [-0.2, 0) is 11.3 Å². The topological polar surface area (TPSA) is 77.1 Å². The van der Waals surface area contributed by atoms with Gasteiger partial charge in [-0.15, -0.1) is 0 Å². The van der Waals surface area contributed by atoms with Crippen molar-refractivity contribution in [2.45, 2.75) is 11.7 Å². The maximum absolute atomic E-state index is 13.8. The zero-order chi connectivity index (χ0) is 23.7. The van der Waals surface area contributed by atoms with Gasteiger partial charge in [0.2, 0.25) is 11.7 Å². The van der Waals surface area contributed by atoms with Crippen molar-refractivity contribution in [3.63, 3.8) is 0 Å². The van der Waals surface area contributed by atoms with Crippen LogP contribution in [0.4, 0.5) is 27.6 Å². The molecular formula is C21H12F5N3O3S. The molecule has 0 spiro atoms. The standard InChI is InChI=1S/C21H12F5N3O3S/c22-14-15(23)17(25)19(18(26)16(14)24)28-13(30)9-33-21-27-12-6-2-1-5-11(12)20(31)29(21)8-10-4-3-7-32-10/h1-7H,8-9H2,(H,28,30). The predicted octanol–water partition coefficient (Wildman–Crippen LogP) is 4.46. The first-order chi connectivity index (χ1) is 15.8. The van der Waals surface area contributed by atoms with E-state index in [9.17, 15) is 31.5 Å². The molecule has 0 aliphatic rings. The summed E-state index contributed by atoms with van der Waals surface area (Å²) in [5.41, 5.74) is -1.53. The highest BCUT2D eigenvalue weighted by Gasteiger charge is 2.27. The summed E-state index contributed by atoms with van der Waals surface area (Å²) in [6.45, 7) is -0.00867. The molecule has 2 aromatic heterocycles. The lowest BCUT2D eigenvalue weighted by Crippen LogP contribution is -2.25. The summed E-state index contributed by atoms with van der Waals surface area (Å²) in [7, 11) is 0. The second kappa shape index (κ2) is 9.06. The maximum atomic E-state index is 13.8. The second-order valence-corrected chi connectivity index (χ2v) is 7.61. The Labute approximate surface area is 186 Å². The van der Waals surface area contributed by atoms with Crippen molar-refractivity contribution < 1.29 is 31.2 Å². The minimum atomic E-state index is -2.33. The molecule has 12 heteroatoms. The molecule has 4 rings (SSSR count). The summed E-state index contributed by atoms with van der Waals surface area (Å²) in [6, 6.07) is 9.74. The van der Waals surface area contributed by atoms with Crippen LogP contribution in [0.25, 0.3) is 10.9 Å². The number of benzene rings is 2. The quantitative estimate of drug-likeness (QED) is 0.145. The molecule has 0 atom stereocenters. The number of furan rings is 1. The molecule has 0 saturated carbocycles. The minimum absolute atomic E-state index is 0.00867. The van der Waals surface area contributed by atoms with Gasteiger partial charge in [0.15, 0.2) is 28.4 Å². The molecule has 33 heavy (non-hydrogen) atoms. The second-order valence-electron chi connectivity index (χ2n) is 6.66. The van der Waals surface area contributed by atoms with Gasteiger partial charge in [0.1, 0.15) is 11.4 Å². The van der Waals surface area contributed by atoms with Crippen molar-refractivity contribution in [3.8, 4) is 0 Å². The van der Waals surface area contributed by atoms with Gasteiger partial charge in [-0.3, -0.25) is 14.2 Å². The summed E-state index contributed by atoms with van der Waals surface area (Å²) in [6.07, 6.45) is 1.42. The molecule has 2 heterocycles.